The normalized spacial score (nSPS) is 23.4. The number of nitrogens with zero attached hydrogens (tertiary/aromatic N) is 2. The number of carbonyl (C=O) groups excluding carboxylic acids is 1. The maximum absolute atomic E-state index is 11.8. The van der Waals surface area contributed by atoms with Gasteiger partial charge in [-0.1, -0.05) is 0 Å². The van der Waals surface area contributed by atoms with Crippen LogP contribution in [0.25, 0.3) is 0 Å². The maximum atomic E-state index is 11.8. The first-order valence-electron chi connectivity index (χ1n) is 4.99. The van der Waals surface area contributed by atoms with E-state index in [9.17, 15) is 4.79 Å². The number of halogens is 1. The van der Waals surface area contributed by atoms with Gasteiger partial charge in [-0.15, -0.1) is 0 Å². The van der Waals surface area contributed by atoms with Crippen LogP contribution < -0.4 is 10.2 Å². The first-order valence-corrected chi connectivity index (χ1v) is 5.78. The van der Waals surface area contributed by atoms with Gasteiger partial charge in [-0.05, 0) is 34.8 Å². The van der Waals surface area contributed by atoms with Crippen molar-refractivity contribution in [3.8, 4) is 0 Å². The number of fused-ring (bicyclic) bond motifs is 3. The van der Waals surface area contributed by atoms with Crippen molar-refractivity contribution in [2.75, 3.05) is 16.8 Å². The van der Waals surface area contributed by atoms with Crippen molar-refractivity contribution >= 4 is 33.3 Å². The number of pyridine rings is 1. The van der Waals surface area contributed by atoms with Crippen molar-refractivity contribution in [2.24, 2.45) is 0 Å². The standard InChI is InChI=1S/C10H10BrN3O/c11-6-4-7-9(12-5-6)14-3-1-2-8(14)10(15)13-7/h4-5,8H,1-3H2,(H,13,15). The van der Waals surface area contributed by atoms with E-state index in [1.165, 1.54) is 0 Å². The molecule has 1 fully saturated rings. The van der Waals surface area contributed by atoms with Gasteiger partial charge in [0.1, 0.15) is 6.04 Å². The Bertz CT molecular complexity index is 435. The Kier molecular flexibility index (Phi) is 1.95. The predicted molar refractivity (Wildman–Crippen MR) is 60.9 cm³/mol. The van der Waals surface area contributed by atoms with Gasteiger partial charge in [0.2, 0.25) is 5.91 Å². The fourth-order valence-corrected chi connectivity index (χ4v) is 2.59. The Morgan fingerprint density at radius 1 is 1.60 bits per heavy atom. The molecule has 1 aromatic rings. The maximum Gasteiger partial charge on any atom is 0.247 e. The molecule has 1 amide bonds. The lowest BCUT2D eigenvalue weighted by Crippen LogP contribution is -2.44. The highest BCUT2D eigenvalue weighted by Gasteiger charge is 2.37. The fraction of sp³-hybridized carbons (Fsp3) is 0.400. The minimum atomic E-state index is -0.00817. The van der Waals surface area contributed by atoms with E-state index in [-0.39, 0.29) is 11.9 Å². The van der Waals surface area contributed by atoms with Crippen molar-refractivity contribution in [1.82, 2.24) is 4.98 Å². The minimum absolute atomic E-state index is 0.00817. The Hall–Kier alpha value is -1.10. The quantitative estimate of drug-likeness (QED) is 0.779. The number of rotatable bonds is 0. The lowest BCUT2D eigenvalue weighted by molar-refractivity contribution is -0.117. The van der Waals surface area contributed by atoms with Crippen LogP contribution in [-0.2, 0) is 4.79 Å². The van der Waals surface area contributed by atoms with E-state index in [1.807, 2.05) is 6.07 Å². The molecule has 4 nitrogen and oxygen atoms in total. The number of anilines is 2. The summed E-state index contributed by atoms with van der Waals surface area (Å²) in [6, 6.07) is 1.89. The first kappa shape index (κ1) is 9.15. The molecule has 0 aliphatic carbocycles. The summed E-state index contributed by atoms with van der Waals surface area (Å²) in [5.74, 6) is 1.00. The van der Waals surface area contributed by atoms with Crippen LogP contribution in [0.4, 0.5) is 11.5 Å². The summed E-state index contributed by atoms with van der Waals surface area (Å²) in [6.45, 7) is 0.930. The SMILES string of the molecule is O=C1Nc2cc(Br)cnc2N2CCCC12. The molecule has 0 radical (unpaired) electrons. The number of hydrogen-bond acceptors (Lipinski definition) is 3. The van der Waals surface area contributed by atoms with Crippen LogP contribution in [0, 0.1) is 0 Å². The second kappa shape index (κ2) is 3.20. The van der Waals surface area contributed by atoms with Crippen LogP contribution in [0.3, 0.4) is 0 Å². The van der Waals surface area contributed by atoms with Gasteiger partial charge in [0.15, 0.2) is 5.82 Å². The van der Waals surface area contributed by atoms with E-state index >= 15 is 0 Å². The van der Waals surface area contributed by atoms with Crippen LogP contribution in [0.5, 0.6) is 0 Å². The molecule has 1 unspecified atom stereocenters. The number of amides is 1. The van der Waals surface area contributed by atoms with Crippen LogP contribution in [0.2, 0.25) is 0 Å². The molecule has 1 saturated heterocycles. The lowest BCUT2D eigenvalue weighted by atomic mass is 10.1. The van der Waals surface area contributed by atoms with Crippen molar-refractivity contribution in [3.63, 3.8) is 0 Å². The van der Waals surface area contributed by atoms with Gasteiger partial charge in [-0.3, -0.25) is 4.79 Å². The second-order valence-electron chi connectivity index (χ2n) is 3.87. The predicted octanol–water partition coefficient (Wildman–Crippen LogP) is 1.77. The number of nitrogens with one attached hydrogen (secondary N) is 1. The monoisotopic (exact) mass is 267 g/mol. The van der Waals surface area contributed by atoms with Gasteiger partial charge in [0.05, 0.1) is 5.69 Å². The third-order valence-electron chi connectivity index (χ3n) is 2.92. The van der Waals surface area contributed by atoms with Gasteiger partial charge >= 0.3 is 0 Å². The molecule has 78 valence electrons. The zero-order valence-corrected chi connectivity index (χ0v) is 9.62. The molecule has 5 heteroatoms. The van der Waals surface area contributed by atoms with E-state index in [4.69, 9.17) is 0 Å². The zero-order valence-electron chi connectivity index (χ0n) is 8.03. The molecule has 0 saturated carbocycles. The second-order valence-corrected chi connectivity index (χ2v) is 4.78. The average Bonchev–Trinajstić information content (AvgIpc) is 2.66. The highest BCUT2D eigenvalue weighted by atomic mass is 79.9. The molecule has 1 atom stereocenters. The van der Waals surface area contributed by atoms with E-state index in [2.05, 4.69) is 31.1 Å². The van der Waals surface area contributed by atoms with Crippen LogP contribution in [0.1, 0.15) is 12.8 Å². The Morgan fingerprint density at radius 3 is 3.33 bits per heavy atom. The summed E-state index contributed by atoms with van der Waals surface area (Å²) in [5.41, 5.74) is 0.813. The largest absolute Gasteiger partial charge is 0.343 e. The molecule has 0 bridgehead atoms. The Morgan fingerprint density at radius 2 is 2.47 bits per heavy atom. The Labute approximate surface area is 95.8 Å². The van der Waals surface area contributed by atoms with Gasteiger partial charge in [-0.25, -0.2) is 4.98 Å². The molecule has 15 heavy (non-hydrogen) atoms. The summed E-state index contributed by atoms with van der Waals surface area (Å²) >= 11 is 3.35. The fourth-order valence-electron chi connectivity index (χ4n) is 2.26. The third-order valence-corrected chi connectivity index (χ3v) is 3.35. The molecule has 3 heterocycles. The van der Waals surface area contributed by atoms with Gasteiger partial charge < -0.3 is 10.2 Å². The van der Waals surface area contributed by atoms with Crippen molar-refractivity contribution in [1.29, 1.82) is 0 Å². The summed E-state index contributed by atoms with van der Waals surface area (Å²) in [5, 5.41) is 2.90. The summed E-state index contributed by atoms with van der Waals surface area (Å²) in [7, 11) is 0. The van der Waals surface area contributed by atoms with Crippen molar-refractivity contribution in [2.45, 2.75) is 18.9 Å². The van der Waals surface area contributed by atoms with Gasteiger partial charge in [-0.2, -0.15) is 0 Å². The number of aromatic nitrogens is 1. The first-order chi connectivity index (χ1) is 7.25. The van der Waals surface area contributed by atoms with Crippen LogP contribution >= 0.6 is 15.9 Å². The third kappa shape index (κ3) is 1.33. The molecule has 0 spiro atoms. The molecule has 2 aliphatic rings. The van der Waals surface area contributed by atoms with E-state index in [1.54, 1.807) is 6.20 Å². The summed E-state index contributed by atoms with van der Waals surface area (Å²) in [6.07, 6.45) is 3.77. The van der Waals surface area contributed by atoms with Crippen LogP contribution in [0.15, 0.2) is 16.7 Å². The Balaban J connectivity index is 2.11. The summed E-state index contributed by atoms with van der Waals surface area (Å²) < 4.78 is 0.888. The summed E-state index contributed by atoms with van der Waals surface area (Å²) in [4.78, 5) is 18.2. The highest BCUT2D eigenvalue weighted by Crippen LogP contribution is 2.35. The molecule has 0 aromatic carbocycles. The number of carbonyl (C=O) groups is 1. The smallest absolute Gasteiger partial charge is 0.247 e. The van der Waals surface area contributed by atoms with Gasteiger partial charge in [0.25, 0.3) is 0 Å². The molecule has 1 aromatic heterocycles. The lowest BCUT2D eigenvalue weighted by Gasteiger charge is -2.31. The molecule has 1 N–H and O–H groups in total. The number of hydrogen-bond donors (Lipinski definition) is 1. The highest BCUT2D eigenvalue weighted by molar-refractivity contribution is 9.10. The average molecular weight is 268 g/mol. The molecular formula is C10H10BrN3O. The van der Waals surface area contributed by atoms with Crippen LogP contribution in [-0.4, -0.2) is 23.5 Å². The molecular weight excluding hydrogens is 258 g/mol. The van der Waals surface area contributed by atoms with Crippen molar-refractivity contribution in [3.05, 3.63) is 16.7 Å². The molecule has 2 aliphatic heterocycles. The minimum Gasteiger partial charge on any atom is -0.343 e. The zero-order chi connectivity index (χ0) is 10.4. The van der Waals surface area contributed by atoms with Crippen molar-refractivity contribution < 1.29 is 4.79 Å². The van der Waals surface area contributed by atoms with E-state index in [0.29, 0.717) is 0 Å². The van der Waals surface area contributed by atoms with E-state index < -0.39 is 0 Å². The topological polar surface area (TPSA) is 45.2 Å². The molecule has 3 rings (SSSR count). The van der Waals surface area contributed by atoms with Gasteiger partial charge in [0, 0.05) is 17.2 Å². The van der Waals surface area contributed by atoms with E-state index in [0.717, 1.165) is 35.4 Å².